The van der Waals surface area contributed by atoms with E-state index in [9.17, 15) is 5.11 Å². The zero-order valence-electron chi connectivity index (χ0n) is 21.6. The summed E-state index contributed by atoms with van der Waals surface area (Å²) in [5.41, 5.74) is 4.13. The lowest BCUT2D eigenvalue weighted by Gasteiger charge is -2.58. The largest absolute Gasteiger partial charge is 0.393 e. The van der Waals surface area contributed by atoms with E-state index in [0.717, 1.165) is 48.3 Å². The Morgan fingerprint density at radius 1 is 1.06 bits per heavy atom. The molecule has 31 heavy (non-hydrogen) atoms. The van der Waals surface area contributed by atoms with Gasteiger partial charge in [0.1, 0.15) is 0 Å². The third-order valence-corrected chi connectivity index (χ3v) is 11.4. The third kappa shape index (κ3) is 4.00. The maximum Gasteiger partial charge on any atom is 0.0577 e. The number of aliphatic hydroxyl groups excluding tert-OH is 1. The second-order valence-corrected chi connectivity index (χ2v) is 13.1. The summed E-state index contributed by atoms with van der Waals surface area (Å²) < 4.78 is 0. The molecule has 4 aliphatic carbocycles. The average Bonchev–Trinajstić information content (AvgIpc) is 3.09. The first-order chi connectivity index (χ1) is 14.6. The molecule has 3 fully saturated rings. The van der Waals surface area contributed by atoms with Gasteiger partial charge >= 0.3 is 0 Å². The molecule has 0 aromatic rings. The molecule has 0 aliphatic heterocycles. The second-order valence-electron chi connectivity index (χ2n) is 13.1. The Labute approximate surface area is 193 Å². The molecule has 0 radical (unpaired) electrons. The number of hydrogen-bond donors (Lipinski definition) is 1. The molecule has 1 N–H and O–H groups in total. The number of hydrogen-bond acceptors (Lipinski definition) is 1. The molecule has 0 unspecified atom stereocenters. The number of rotatable bonds is 5. The van der Waals surface area contributed by atoms with Crippen LogP contribution in [-0.4, -0.2) is 11.2 Å². The summed E-state index contributed by atoms with van der Waals surface area (Å²) in [5, 5.41) is 10.3. The molecule has 0 amide bonds. The predicted octanol–water partition coefficient (Wildman–Crippen LogP) is 8.19. The van der Waals surface area contributed by atoms with Gasteiger partial charge in [0.2, 0.25) is 0 Å². The average molecular weight is 427 g/mol. The van der Waals surface area contributed by atoms with Gasteiger partial charge in [-0.2, -0.15) is 0 Å². The van der Waals surface area contributed by atoms with E-state index in [0.29, 0.717) is 16.7 Å². The summed E-state index contributed by atoms with van der Waals surface area (Å²) >= 11 is 0. The van der Waals surface area contributed by atoms with Crippen LogP contribution in [-0.2, 0) is 0 Å². The Balaban J connectivity index is 1.49. The molecule has 1 nitrogen and oxygen atoms in total. The van der Waals surface area contributed by atoms with Crippen molar-refractivity contribution in [2.75, 3.05) is 0 Å². The van der Waals surface area contributed by atoms with Crippen molar-refractivity contribution in [3.8, 4) is 0 Å². The summed E-state index contributed by atoms with van der Waals surface area (Å²) in [6.07, 6.45) is 16.6. The first-order valence-electron chi connectivity index (χ1n) is 13.6. The molecule has 176 valence electrons. The summed E-state index contributed by atoms with van der Waals surface area (Å²) in [5.74, 6) is 5.80. The van der Waals surface area contributed by atoms with Crippen LogP contribution in [0.2, 0.25) is 0 Å². The van der Waals surface area contributed by atoms with E-state index < -0.39 is 0 Å². The van der Waals surface area contributed by atoms with Crippen LogP contribution in [0.25, 0.3) is 0 Å². The quantitative estimate of drug-likeness (QED) is 0.439. The molecule has 0 heterocycles. The van der Waals surface area contributed by atoms with Crippen molar-refractivity contribution in [3.63, 3.8) is 0 Å². The van der Waals surface area contributed by atoms with Crippen molar-refractivity contribution >= 4 is 0 Å². The topological polar surface area (TPSA) is 20.2 Å². The van der Waals surface area contributed by atoms with Crippen LogP contribution in [0.3, 0.4) is 0 Å². The first kappa shape index (κ1) is 23.6. The Bertz CT molecular complexity index is 716. The van der Waals surface area contributed by atoms with Crippen LogP contribution < -0.4 is 0 Å². The normalized spacial score (nSPS) is 44.9. The molecule has 0 saturated heterocycles. The predicted molar refractivity (Wildman–Crippen MR) is 133 cm³/mol. The minimum Gasteiger partial charge on any atom is -0.393 e. The zero-order valence-corrected chi connectivity index (χ0v) is 21.6. The summed E-state index contributed by atoms with van der Waals surface area (Å²) in [6, 6.07) is 0. The van der Waals surface area contributed by atoms with Crippen molar-refractivity contribution in [1.29, 1.82) is 0 Å². The zero-order chi connectivity index (χ0) is 22.6. The molecular formula is C30H50O. The molecule has 0 aromatic heterocycles. The highest BCUT2D eigenvalue weighted by molar-refractivity contribution is 5.25. The van der Waals surface area contributed by atoms with Gasteiger partial charge < -0.3 is 5.11 Å². The number of allylic oxidation sites excluding steroid dienone is 3. The van der Waals surface area contributed by atoms with E-state index in [1.54, 1.807) is 11.1 Å². The fraction of sp³-hybridized carbons (Fsp3) is 0.867. The fourth-order valence-corrected chi connectivity index (χ4v) is 8.86. The first-order valence-corrected chi connectivity index (χ1v) is 13.6. The van der Waals surface area contributed by atoms with Gasteiger partial charge in [0.15, 0.2) is 0 Å². The van der Waals surface area contributed by atoms with Gasteiger partial charge in [0.05, 0.1) is 6.10 Å². The second kappa shape index (κ2) is 8.66. The SMILES string of the molecule is C/C(=C\C[C@@H](C)[C@H]1CC[C@H]2[C@@H]3CC=C4C[C@@H](O)CC[C@]4(C)[C@H]3CC[C@]12C)[C@H](C)C(C)C. The van der Waals surface area contributed by atoms with E-state index in [-0.39, 0.29) is 6.10 Å². The van der Waals surface area contributed by atoms with Crippen LogP contribution in [0.5, 0.6) is 0 Å². The van der Waals surface area contributed by atoms with Gasteiger partial charge in [-0.05, 0) is 117 Å². The molecule has 1 heteroatoms. The van der Waals surface area contributed by atoms with Crippen LogP contribution in [0.1, 0.15) is 106 Å². The number of fused-ring (bicyclic) bond motifs is 5. The molecular weight excluding hydrogens is 376 g/mol. The molecule has 0 spiro atoms. The molecule has 9 atom stereocenters. The molecule has 0 aromatic carbocycles. The Morgan fingerprint density at radius 2 is 1.81 bits per heavy atom. The van der Waals surface area contributed by atoms with Crippen molar-refractivity contribution < 1.29 is 5.11 Å². The maximum absolute atomic E-state index is 10.3. The van der Waals surface area contributed by atoms with Crippen LogP contribution >= 0.6 is 0 Å². The summed E-state index contributed by atoms with van der Waals surface area (Å²) in [4.78, 5) is 0. The van der Waals surface area contributed by atoms with E-state index in [2.05, 4.69) is 60.6 Å². The summed E-state index contributed by atoms with van der Waals surface area (Å²) in [6.45, 7) is 17.2. The van der Waals surface area contributed by atoms with Gasteiger partial charge in [-0.15, -0.1) is 0 Å². The Hall–Kier alpha value is -0.560. The molecule has 4 rings (SSSR count). The molecule has 4 aliphatic rings. The minimum atomic E-state index is -0.0867. The Morgan fingerprint density at radius 3 is 2.52 bits per heavy atom. The molecule has 0 bridgehead atoms. The fourth-order valence-electron chi connectivity index (χ4n) is 8.86. The van der Waals surface area contributed by atoms with Gasteiger partial charge in [-0.25, -0.2) is 0 Å². The van der Waals surface area contributed by atoms with E-state index >= 15 is 0 Å². The lowest BCUT2D eigenvalue weighted by atomic mass is 9.47. The van der Waals surface area contributed by atoms with Crippen LogP contribution in [0.15, 0.2) is 23.3 Å². The van der Waals surface area contributed by atoms with Crippen molar-refractivity contribution in [2.45, 2.75) is 112 Å². The van der Waals surface area contributed by atoms with Gasteiger partial charge in [-0.3, -0.25) is 0 Å². The van der Waals surface area contributed by atoms with Crippen LogP contribution in [0.4, 0.5) is 0 Å². The van der Waals surface area contributed by atoms with E-state index in [1.807, 2.05) is 0 Å². The minimum absolute atomic E-state index is 0.0867. The van der Waals surface area contributed by atoms with Gasteiger partial charge in [0.25, 0.3) is 0 Å². The lowest BCUT2D eigenvalue weighted by molar-refractivity contribution is -0.0565. The Kier molecular flexibility index (Phi) is 6.59. The van der Waals surface area contributed by atoms with Crippen LogP contribution in [0, 0.1) is 52.3 Å². The highest BCUT2D eigenvalue weighted by Gasteiger charge is 2.59. The lowest BCUT2D eigenvalue weighted by Crippen LogP contribution is -2.50. The smallest absolute Gasteiger partial charge is 0.0577 e. The van der Waals surface area contributed by atoms with Gasteiger partial charge in [0, 0.05) is 0 Å². The third-order valence-electron chi connectivity index (χ3n) is 11.4. The van der Waals surface area contributed by atoms with E-state index in [4.69, 9.17) is 0 Å². The molecule has 3 saturated carbocycles. The van der Waals surface area contributed by atoms with Crippen molar-refractivity contribution in [2.24, 2.45) is 52.3 Å². The number of aliphatic hydroxyl groups is 1. The monoisotopic (exact) mass is 426 g/mol. The maximum atomic E-state index is 10.3. The summed E-state index contributed by atoms with van der Waals surface area (Å²) in [7, 11) is 0. The standard InChI is InChI=1S/C30H50O/c1-19(2)22(5)20(3)8-9-21(4)26-12-13-27-25-11-10-23-18-24(31)14-16-29(23,6)28(25)15-17-30(26,27)7/h8,10,19,21-22,24-28,31H,9,11-18H2,1-7H3/b20-8+/t21-,22-,24+,25+,26-,27+,28+,29+,30-/m1/s1. The highest BCUT2D eigenvalue weighted by Crippen LogP contribution is 2.67. The van der Waals surface area contributed by atoms with Crippen molar-refractivity contribution in [1.82, 2.24) is 0 Å². The van der Waals surface area contributed by atoms with Gasteiger partial charge in [-0.1, -0.05) is 64.8 Å². The highest BCUT2D eigenvalue weighted by atomic mass is 16.3. The van der Waals surface area contributed by atoms with Crippen molar-refractivity contribution in [3.05, 3.63) is 23.3 Å². The van der Waals surface area contributed by atoms with E-state index in [1.165, 1.54) is 44.9 Å².